The molecule has 17 heteroatoms. The second-order valence-corrected chi connectivity index (χ2v) is 15.7. The molecule has 346 valence electrons. The summed E-state index contributed by atoms with van der Waals surface area (Å²) in [7, 11) is 0. The molecule has 2 aliphatic heterocycles. The molecule has 0 aliphatic carbocycles. The summed E-state index contributed by atoms with van der Waals surface area (Å²) in [6.07, 6.45) is 6.81. The third-order valence-corrected chi connectivity index (χ3v) is 9.99. The van der Waals surface area contributed by atoms with Gasteiger partial charge in [-0.15, -0.1) is 0 Å². The molecule has 1 saturated heterocycles. The maximum absolute atomic E-state index is 12.8. The maximum Gasteiger partial charge on any atom is 0.313 e. The van der Waals surface area contributed by atoms with Crippen molar-refractivity contribution < 1.29 is 79.0 Å². The van der Waals surface area contributed by atoms with E-state index in [0.717, 1.165) is 0 Å². The number of cyclic esters (lactones) is 1. The highest BCUT2D eigenvalue weighted by Crippen LogP contribution is 2.26. The predicted octanol–water partition coefficient (Wildman–Crippen LogP) is 1.37. The van der Waals surface area contributed by atoms with Crippen molar-refractivity contribution in [3.8, 4) is 0 Å². The quantitative estimate of drug-likeness (QED) is 0.143. The van der Waals surface area contributed by atoms with Crippen LogP contribution in [0.2, 0.25) is 0 Å². The number of aliphatic carboxylic acids is 1. The molecule has 0 amide bonds. The fraction of sp³-hybridized carbons (Fsp3) is 0.578. The van der Waals surface area contributed by atoms with E-state index >= 15 is 0 Å². The Morgan fingerprint density at radius 2 is 1.16 bits per heavy atom. The van der Waals surface area contributed by atoms with E-state index in [1.807, 2.05) is 13.0 Å². The predicted molar refractivity (Wildman–Crippen MR) is 226 cm³/mol. The first kappa shape index (κ1) is 53.9. The standard InChI is InChI=1S/C45H65NO16/c1-28-16-13-11-9-7-5-3-4-6-8-10-12-14-19-36(62-45-43(57)41(46)42(56)29(2)61-45)26-38(54)40(44(58)59)37(53)24-35(52)23-34(51)22-33(50)21-32(49)20-30(47)17-15-18-31(48)25-39(55)60-27-28/h3-14,16,19,28-29,32-34,36-38,40-43,45,49-51,53-54,56-57H,15,17-18,20-27,46H2,1-2H3,(H,58,59)/b4-3+,7-5+,8-6+,11-9+,12-10+,16-13+,19-14+. The van der Waals surface area contributed by atoms with Crippen LogP contribution >= 0.6 is 0 Å². The lowest BCUT2D eigenvalue weighted by Crippen LogP contribution is -2.61. The van der Waals surface area contributed by atoms with Crippen LogP contribution in [0.5, 0.6) is 0 Å². The molecule has 2 aliphatic rings. The van der Waals surface area contributed by atoms with Crippen molar-refractivity contribution in [1.29, 1.82) is 0 Å². The number of aliphatic hydroxyl groups excluding tert-OH is 7. The molecule has 0 bridgehead atoms. The lowest BCUT2D eigenvalue weighted by atomic mass is 9.88. The average Bonchev–Trinajstić information content (AvgIpc) is 3.17. The van der Waals surface area contributed by atoms with Gasteiger partial charge in [-0.2, -0.15) is 0 Å². The van der Waals surface area contributed by atoms with E-state index in [0.29, 0.717) is 0 Å². The van der Waals surface area contributed by atoms with E-state index in [-0.39, 0.29) is 44.6 Å². The second kappa shape index (κ2) is 29.2. The molecule has 62 heavy (non-hydrogen) atoms. The highest BCUT2D eigenvalue weighted by molar-refractivity contribution is 5.95. The molecule has 0 aromatic heterocycles. The summed E-state index contributed by atoms with van der Waals surface area (Å²) in [5, 5.41) is 84.0. The molecule has 0 saturated carbocycles. The number of ether oxygens (including phenoxy) is 3. The topological polar surface area (TPSA) is 301 Å². The van der Waals surface area contributed by atoms with Gasteiger partial charge in [0.1, 0.15) is 35.8 Å². The lowest BCUT2D eigenvalue weighted by molar-refractivity contribution is -0.277. The Bertz CT molecular complexity index is 1630. The lowest BCUT2D eigenvalue weighted by Gasteiger charge is -2.41. The Balaban J connectivity index is 2.23. The number of carbonyl (C=O) groups is 5. The Kier molecular flexibility index (Phi) is 25.3. The summed E-state index contributed by atoms with van der Waals surface area (Å²) in [6, 6.07) is -1.15. The van der Waals surface area contributed by atoms with Crippen LogP contribution < -0.4 is 5.73 Å². The zero-order valence-corrected chi connectivity index (χ0v) is 35.3. The average molecular weight is 876 g/mol. The van der Waals surface area contributed by atoms with Crippen LogP contribution in [-0.2, 0) is 38.2 Å². The Hall–Kier alpha value is -4.27. The van der Waals surface area contributed by atoms with Crippen molar-refractivity contribution in [2.24, 2.45) is 17.6 Å². The van der Waals surface area contributed by atoms with Crippen molar-refractivity contribution in [2.45, 2.75) is 145 Å². The highest BCUT2D eigenvalue weighted by Gasteiger charge is 2.43. The largest absolute Gasteiger partial charge is 0.481 e. The molecule has 13 atom stereocenters. The fourth-order valence-corrected chi connectivity index (χ4v) is 6.61. The number of esters is 1. The van der Waals surface area contributed by atoms with Gasteiger partial charge in [0, 0.05) is 44.4 Å². The van der Waals surface area contributed by atoms with Gasteiger partial charge >= 0.3 is 11.9 Å². The molecular weight excluding hydrogens is 810 g/mol. The van der Waals surface area contributed by atoms with Gasteiger partial charge in [-0.3, -0.25) is 24.0 Å². The minimum absolute atomic E-state index is 0.0501. The number of nitrogens with two attached hydrogens (primary N) is 1. The van der Waals surface area contributed by atoms with E-state index in [4.69, 9.17) is 19.9 Å². The minimum Gasteiger partial charge on any atom is -0.481 e. The maximum atomic E-state index is 12.8. The number of allylic oxidation sites excluding steroid dienone is 12. The Morgan fingerprint density at radius 1 is 0.645 bits per heavy atom. The fourth-order valence-electron chi connectivity index (χ4n) is 6.61. The van der Waals surface area contributed by atoms with Gasteiger partial charge in [-0.05, 0) is 26.2 Å². The Morgan fingerprint density at radius 3 is 1.73 bits per heavy atom. The van der Waals surface area contributed by atoms with Crippen molar-refractivity contribution >= 4 is 29.3 Å². The summed E-state index contributed by atoms with van der Waals surface area (Å²) in [5.41, 5.74) is 5.94. The number of carboxylic acid groups (broad SMARTS) is 1. The number of hydrogen-bond acceptors (Lipinski definition) is 16. The first-order valence-corrected chi connectivity index (χ1v) is 20.8. The first-order valence-electron chi connectivity index (χ1n) is 20.8. The smallest absolute Gasteiger partial charge is 0.313 e. The van der Waals surface area contributed by atoms with Gasteiger partial charge in [-0.1, -0.05) is 92.0 Å². The van der Waals surface area contributed by atoms with Crippen LogP contribution in [0.1, 0.15) is 78.1 Å². The second-order valence-electron chi connectivity index (χ2n) is 15.7. The molecule has 0 aromatic rings. The summed E-state index contributed by atoms with van der Waals surface area (Å²) in [5.74, 6) is -5.92. The van der Waals surface area contributed by atoms with Gasteiger partial charge < -0.3 is 60.8 Å². The van der Waals surface area contributed by atoms with Crippen molar-refractivity contribution in [1.82, 2.24) is 0 Å². The van der Waals surface area contributed by atoms with Gasteiger partial charge in [0.2, 0.25) is 0 Å². The van der Waals surface area contributed by atoms with Gasteiger partial charge in [0.05, 0.1) is 61.5 Å². The summed E-state index contributed by atoms with van der Waals surface area (Å²) >= 11 is 0. The van der Waals surface area contributed by atoms with Crippen LogP contribution in [0.15, 0.2) is 85.1 Å². The first-order chi connectivity index (χ1) is 29.4. The van der Waals surface area contributed by atoms with Crippen LogP contribution in [0, 0.1) is 11.8 Å². The number of carboxylic acids is 1. The van der Waals surface area contributed by atoms with Crippen molar-refractivity contribution in [2.75, 3.05) is 6.61 Å². The van der Waals surface area contributed by atoms with E-state index in [1.54, 1.807) is 66.8 Å². The van der Waals surface area contributed by atoms with Gasteiger partial charge in [-0.25, -0.2) is 0 Å². The summed E-state index contributed by atoms with van der Waals surface area (Å²) in [6.45, 7) is 3.43. The SMILES string of the molecule is CC1/C=C/C=C/C=C/C=C/C=C/C=C/C=C/C(OC2OC(C)C(O)C(N)C2O)CC(O)C(C(=O)O)C(O)CC(=O)CC(O)CC(O)CC(O)CC(=O)CCCC(=O)CC(=O)OC1. The van der Waals surface area contributed by atoms with Crippen molar-refractivity contribution in [3.63, 3.8) is 0 Å². The van der Waals surface area contributed by atoms with Crippen LogP contribution in [-0.4, -0.2) is 144 Å². The number of ketones is 3. The molecule has 10 N–H and O–H groups in total. The summed E-state index contributed by atoms with van der Waals surface area (Å²) in [4.78, 5) is 61.9. The van der Waals surface area contributed by atoms with E-state index in [1.165, 1.54) is 19.1 Å². The molecule has 0 aromatic carbocycles. The molecule has 2 heterocycles. The van der Waals surface area contributed by atoms with E-state index < -0.39 is 135 Å². The third-order valence-electron chi connectivity index (χ3n) is 9.99. The number of carbonyl (C=O) groups excluding carboxylic acids is 4. The van der Waals surface area contributed by atoms with Gasteiger partial charge in [0.25, 0.3) is 0 Å². The molecular formula is C45H65NO16. The number of aliphatic hydroxyl groups is 7. The molecule has 1 fully saturated rings. The minimum atomic E-state index is -1.93. The molecule has 0 spiro atoms. The molecule has 2 rings (SSSR count). The molecule has 0 radical (unpaired) electrons. The number of hydrogen-bond donors (Lipinski definition) is 9. The normalized spacial score (nSPS) is 38.3. The van der Waals surface area contributed by atoms with Gasteiger partial charge in [0.15, 0.2) is 6.29 Å². The third kappa shape index (κ3) is 21.7. The van der Waals surface area contributed by atoms with Crippen molar-refractivity contribution in [3.05, 3.63) is 85.1 Å². The molecule has 17 nitrogen and oxygen atoms in total. The number of rotatable bonds is 3. The monoisotopic (exact) mass is 875 g/mol. The summed E-state index contributed by atoms with van der Waals surface area (Å²) < 4.78 is 16.7. The van der Waals surface area contributed by atoms with Crippen LogP contribution in [0.25, 0.3) is 0 Å². The van der Waals surface area contributed by atoms with E-state index in [9.17, 15) is 64.8 Å². The zero-order chi connectivity index (χ0) is 46.2. The highest BCUT2D eigenvalue weighted by atomic mass is 16.7. The van der Waals surface area contributed by atoms with E-state index in [2.05, 4.69) is 0 Å². The van der Waals surface area contributed by atoms with Crippen LogP contribution in [0.4, 0.5) is 0 Å². The van der Waals surface area contributed by atoms with Crippen LogP contribution in [0.3, 0.4) is 0 Å². The zero-order valence-electron chi connectivity index (χ0n) is 35.3. The number of Topliss-reactive ketones (excluding diaryl/α,β-unsaturated/α-hetero) is 3. The molecule has 13 unspecified atom stereocenters. The Labute approximate surface area is 362 Å².